The molecule has 0 aliphatic heterocycles. The van der Waals surface area contributed by atoms with E-state index in [4.69, 9.17) is 9.84 Å². The zero-order valence-electron chi connectivity index (χ0n) is 12.0. The lowest BCUT2D eigenvalue weighted by atomic mass is 10.1. The number of aromatic nitrogens is 1. The average molecular weight is 288 g/mol. The fourth-order valence-electron chi connectivity index (χ4n) is 2.05. The molecule has 0 bridgehead atoms. The number of nitrogens with one attached hydrogen (secondary N) is 2. The summed E-state index contributed by atoms with van der Waals surface area (Å²) in [4.78, 5) is 26.2. The van der Waals surface area contributed by atoms with Gasteiger partial charge < -0.3 is 20.1 Å². The van der Waals surface area contributed by atoms with Gasteiger partial charge in [-0.1, -0.05) is 11.6 Å². The Labute approximate surface area is 121 Å². The Hall–Kier alpha value is -2.76. The monoisotopic (exact) mass is 288 g/mol. The number of anilines is 1. The first kappa shape index (κ1) is 14.6. The summed E-state index contributed by atoms with van der Waals surface area (Å²) in [6.45, 7) is 3.58. The van der Waals surface area contributed by atoms with Crippen LogP contribution in [0.5, 0.6) is 5.75 Å². The van der Waals surface area contributed by atoms with Gasteiger partial charge in [0.15, 0.2) is 0 Å². The number of aromatic amines is 1. The highest BCUT2D eigenvalue weighted by Crippen LogP contribution is 2.23. The van der Waals surface area contributed by atoms with Crippen LogP contribution >= 0.6 is 0 Å². The molecule has 0 unspecified atom stereocenters. The highest BCUT2D eigenvalue weighted by molar-refractivity contribution is 6.09. The Morgan fingerprint density at radius 3 is 2.57 bits per heavy atom. The van der Waals surface area contributed by atoms with Crippen LogP contribution in [0.4, 0.5) is 5.69 Å². The highest BCUT2D eigenvalue weighted by Gasteiger charge is 2.18. The van der Waals surface area contributed by atoms with Crippen LogP contribution in [-0.2, 0) is 0 Å². The lowest BCUT2D eigenvalue weighted by Crippen LogP contribution is -2.15. The number of H-pyrrole nitrogens is 1. The fraction of sp³-hybridized carbons (Fsp3) is 0.200. The predicted octanol–water partition coefficient (Wildman–Crippen LogP) is 2.59. The molecule has 6 nitrogen and oxygen atoms in total. The molecule has 2 aromatic rings. The summed E-state index contributed by atoms with van der Waals surface area (Å²) in [7, 11) is 1.48. The number of amides is 1. The van der Waals surface area contributed by atoms with Crippen molar-refractivity contribution in [3.8, 4) is 5.75 Å². The zero-order valence-corrected chi connectivity index (χ0v) is 12.0. The van der Waals surface area contributed by atoms with Crippen LogP contribution in [0, 0.1) is 13.8 Å². The van der Waals surface area contributed by atoms with Gasteiger partial charge in [0, 0.05) is 5.69 Å². The van der Waals surface area contributed by atoms with Crippen molar-refractivity contribution >= 4 is 17.6 Å². The van der Waals surface area contributed by atoms with E-state index in [1.807, 2.05) is 13.0 Å². The van der Waals surface area contributed by atoms with E-state index in [0.29, 0.717) is 17.0 Å². The second-order valence-electron chi connectivity index (χ2n) is 4.70. The summed E-state index contributed by atoms with van der Waals surface area (Å²) >= 11 is 0. The molecule has 1 heterocycles. The Morgan fingerprint density at radius 1 is 1.24 bits per heavy atom. The van der Waals surface area contributed by atoms with Crippen LogP contribution in [0.15, 0.2) is 24.3 Å². The van der Waals surface area contributed by atoms with E-state index < -0.39 is 11.9 Å². The smallest absolute Gasteiger partial charge is 0.354 e. The molecule has 0 spiro atoms. The van der Waals surface area contributed by atoms with E-state index in [1.54, 1.807) is 25.1 Å². The molecular formula is C15H16N2O4. The number of methoxy groups -OCH3 is 1. The molecule has 2 rings (SSSR count). The summed E-state index contributed by atoms with van der Waals surface area (Å²) in [5.41, 5.74) is 2.09. The third-order valence-electron chi connectivity index (χ3n) is 3.01. The number of carbonyl (C=O) groups is 2. The Morgan fingerprint density at radius 2 is 1.95 bits per heavy atom. The number of carboxylic acids is 1. The molecule has 1 aromatic carbocycles. The first-order valence-corrected chi connectivity index (χ1v) is 6.31. The normalized spacial score (nSPS) is 10.2. The lowest BCUT2D eigenvalue weighted by Gasteiger charge is -2.10. The van der Waals surface area contributed by atoms with E-state index in [0.717, 1.165) is 5.56 Å². The standard InChI is InChI=1S/C15H16N2O4/c1-8-4-5-12(21-3)10(6-8)14(18)17-11-7-9(2)16-13(11)15(19)20/h4-7,16H,1-3H3,(H,17,18)(H,19,20). The maximum Gasteiger partial charge on any atom is 0.354 e. The number of aromatic carboxylic acids is 1. The van der Waals surface area contributed by atoms with Crippen LogP contribution in [0.25, 0.3) is 0 Å². The summed E-state index contributed by atoms with van der Waals surface area (Å²) in [6, 6.07) is 6.79. The van der Waals surface area contributed by atoms with Crippen molar-refractivity contribution < 1.29 is 19.4 Å². The predicted molar refractivity (Wildman–Crippen MR) is 78.2 cm³/mol. The topological polar surface area (TPSA) is 91.4 Å². The second kappa shape index (κ2) is 5.70. The minimum Gasteiger partial charge on any atom is -0.496 e. The minimum atomic E-state index is -1.13. The second-order valence-corrected chi connectivity index (χ2v) is 4.70. The van der Waals surface area contributed by atoms with Gasteiger partial charge in [0.25, 0.3) is 5.91 Å². The summed E-state index contributed by atoms with van der Waals surface area (Å²) < 4.78 is 5.16. The van der Waals surface area contributed by atoms with Gasteiger partial charge in [-0.3, -0.25) is 4.79 Å². The van der Waals surface area contributed by atoms with Crippen LogP contribution in [0.2, 0.25) is 0 Å². The van der Waals surface area contributed by atoms with Gasteiger partial charge in [0.1, 0.15) is 11.4 Å². The number of carboxylic acid groups (broad SMARTS) is 1. The molecule has 0 saturated carbocycles. The van der Waals surface area contributed by atoms with Crippen molar-refractivity contribution in [3.63, 3.8) is 0 Å². The SMILES string of the molecule is COc1ccc(C)cc1C(=O)Nc1cc(C)[nH]c1C(=O)O. The van der Waals surface area contributed by atoms with Crippen molar-refractivity contribution in [3.05, 3.63) is 46.8 Å². The highest BCUT2D eigenvalue weighted by atomic mass is 16.5. The quantitative estimate of drug-likeness (QED) is 0.806. The fourth-order valence-corrected chi connectivity index (χ4v) is 2.05. The molecule has 3 N–H and O–H groups in total. The van der Waals surface area contributed by atoms with Crippen molar-refractivity contribution in [2.45, 2.75) is 13.8 Å². The van der Waals surface area contributed by atoms with Gasteiger partial charge in [-0.15, -0.1) is 0 Å². The lowest BCUT2D eigenvalue weighted by molar-refractivity contribution is 0.0692. The first-order chi connectivity index (χ1) is 9.92. The maximum atomic E-state index is 12.3. The van der Waals surface area contributed by atoms with Crippen molar-refractivity contribution in [2.75, 3.05) is 12.4 Å². The molecule has 0 saturated heterocycles. The third kappa shape index (κ3) is 3.05. The van der Waals surface area contributed by atoms with E-state index in [1.165, 1.54) is 7.11 Å². The molecule has 0 radical (unpaired) electrons. The van der Waals surface area contributed by atoms with Gasteiger partial charge in [0.05, 0.1) is 18.4 Å². The van der Waals surface area contributed by atoms with E-state index in [9.17, 15) is 9.59 Å². The minimum absolute atomic E-state index is 0.0486. The number of carbonyl (C=O) groups excluding carboxylic acids is 1. The number of hydrogen-bond acceptors (Lipinski definition) is 3. The van der Waals surface area contributed by atoms with Crippen molar-refractivity contribution in [1.29, 1.82) is 0 Å². The molecular weight excluding hydrogens is 272 g/mol. The maximum absolute atomic E-state index is 12.3. The van der Waals surface area contributed by atoms with Crippen LogP contribution < -0.4 is 10.1 Å². The molecule has 0 aliphatic rings. The van der Waals surface area contributed by atoms with Gasteiger partial charge in [-0.25, -0.2) is 4.79 Å². The summed E-state index contributed by atoms with van der Waals surface area (Å²) in [5, 5.41) is 11.7. The average Bonchev–Trinajstić information content (AvgIpc) is 2.79. The van der Waals surface area contributed by atoms with Gasteiger partial charge in [-0.2, -0.15) is 0 Å². The number of aryl methyl sites for hydroxylation is 2. The van der Waals surface area contributed by atoms with E-state index in [2.05, 4.69) is 10.3 Å². The molecule has 1 amide bonds. The molecule has 6 heteroatoms. The van der Waals surface area contributed by atoms with E-state index >= 15 is 0 Å². The van der Waals surface area contributed by atoms with Gasteiger partial charge in [-0.05, 0) is 32.0 Å². The molecule has 21 heavy (non-hydrogen) atoms. The summed E-state index contributed by atoms with van der Waals surface area (Å²) in [5.74, 6) is -1.12. The molecule has 0 atom stereocenters. The van der Waals surface area contributed by atoms with Crippen LogP contribution in [0.3, 0.4) is 0 Å². The number of hydrogen-bond donors (Lipinski definition) is 3. The van der Waals surface area contributed by atoms with Crippen molar-refractivity contribution in [1.82, 2.24) is 4.98 Å². The Kier molecular flexibility index (Phi) is 3.98. The van der Waals surface area contributed by atoms with E-state index in [-0.39, 0.29) is 11.4 Å². The van der Waals surface area contributed by atoms with Crippen LogP contribution in [0.1, 0.15) is 32.1 Å². The number of rotatable bonds is 4. The summed E-state index contributed by atoms with van der Waals surface area (Å²) in [6.07, 6.45) is 0. The number of ether oxygens (including phenoxy) is 1. The molecule has 0 fully saturated rings. The van der Waals surface area contributed by atoms with Crippen molar-refractivity contribution in [2.24, 2.45) is 0 Å². The van der Waals surface area contributed by atoms with Gasteiger partial charge >= 0.3 is 5.97 Å². The van der Waals surface area contributed by atoms with Crippen LogP contribution in [-0.4, -0.2) is 29.1 Å². The number of benzene rings is 1. The van der Waals surface area contributed by atoms with Gasteiger partial charge in [0.2, 0.25) is 0 Å². The molecule has 1 aromatic heterocycles. The molecule has 0 aliphatic carbocycles. The zero-order chi connectivity index (χ0) is 15.6. The Balaban J connectivity index is 2.34. The molecule has 110 valence electrons. The largest absolute Gasteiger partial charge is 0.496 e. The third-order valence-corrected chi connectivity index (χ3v) is 3.01. The Bertz CT molecular complexity index is 704. The first-order valence-electron chi connectivity index (χ1n) is 6.31.